The van der Waals surface area contributed by atoms with Crippen molar-refractivity contribution in [2.75, 3.05) is 0 Å². The number of hydrogen-bond donors (Lipinski definition) is 0. The molecule has 4 nitrogen and oxygen atoms in total. The Labute approximate surface area is 60.0 Å². The highest BCUT2D eigenvalue weighted by Gasteiger charge is 1.89. The van der Waals surface area contributed by atoms with Crippen LogP contribution in [0.3, 0.4) is 0 Å². The van der Waals surface area contributed by atoms with Gasteiger partial charge in [-0.15, -0.1) is 0 Å². The molecule has 10 heavy (non-hydrogen) atoms. The first kappa shape index (κ1) is 11.8. The zero-order chi connectivity index (χ0) is 7.28. The highest BCUT2D eigenvalue weighted by atomic mass is 16.6. The lowest BCUT2D eigenvalue weighted by molar-refractivity contribution is -0.402. The summed E-state index contributed by atoms with van der Waals surface area (Å²) < 4.78 is 0. The van der Waals surface area contributed by atoms with Crippen molar-refractivity contribution in [3.05, 3.63) is 22.4 Å². The van der Waals surface area contributed by atoms with Crippen LogP contribution in [0, 0.1) is 16.0 Å². The number of hydrogen-bond acceptors (Lipinski definition) is 2. The standard InChI is InChI=1S/C6H11NO2.H2O/c1-6(2)4-3-5-7(8)9;/h3,5-6H,4H2,1-2H3;1H2/b5-3+;. The van der Waals surface area contributed by atoms with Gasteiger partial charge in [0.05, 0.1) is 4.92 Å². The molecule has 4 heteroatoms. The molecular formula is C6H13NO3. The van der Waals surface area contributed by atoms with Crippen molar-refractivity contribution in [1.29, 1.82) is 0 Å². The number of allylic oxidation sites excluding steroid dienone is 1. The minimum atomic E-state index is -0.442. The van der Waals surface area contributed by atoms with Gasteiger partial charge in [0.2, 0.25) is 6.20 Å². The molecule has 2 N–H and O–H groups in total. The predicted molar refractivity (Wildman–Crippen MR) is 39.2 cm³/mol. The van der Waals surface area contributed by atoms with Gasteiger partial charge in [-0.05, 0) is 18.4 Å². The van der Waals surface area contributed by atoms with Gasteiger partial charge in [-0.3, -0.25) is 10.1 Å². The first-order valence-corrected chi connectivity index (χ1v) is 2.93. The monoisotopic (exact) mass is 147 g/mol. The molecule has 0 aliphatic carbocycles. The second-order valence-corrected chi connectivity index (χ2v) is 2.30. The van der Waals surface area contributed by atoms with Crippen LogP contribution in [0.1, 0.15) is 20.3 Å². The van der Waals surface area contributed by atoms with Crippen LogP contribution in [0.15, 0.2) is 12.3 Å². The molecule has 0 unspecified atom stereocenters. The second kappa shape index (κ2) is 6.22. The fourth-order valence-electron chi connectivity index (χ4n) is 0.419. The van der Waals surface area contributed by atoms with Crippen LogP contribution < -0.4 is 0 Å². The van der Waals surface area contributed by atoms with Crippen LogP contribution in [-0.2, 0) is 0 Å². The molecule has 0 aromatic rings. The van der Waals surface area contributed by atoms with Crippen LogP contribution in [0.5, 0.6) is 0 Å². The van der Waals surface area contributed by atoms with E-state index in [4.69, 9.17) is 0 Å². The molecule has 0 saturated heterocycles. The summed E-state index contributed by atoms with van der Waals surface area (Å²) in [5.41, 5.74) is 0. The van der Waals surface area contributed by atoms with E-state index in [0.29, 0.717) is 5.92 Å². The average Bonchev–Trinajstić information content (AvgIpc) is 1.63. The smallest absolute Gasteiger partial charge is 0.230 e. The van der Waals surface area contributed by atoms with Crippen LogP contribution in [0.2, 0.25) is 0 Å². The van der Waals surface area contributed by atoms with Gasteiger partial charge in [-0.2, -0.15) is 0 Å². The van der Waals surface area contributed by atoms with Gasteiger partial charge < -0.3 is 5.48 Å². The normalized spacial score (nSPS) is 9.90. The first-order valence-electron chi connectivity index (χ1n) is 2.93. The Morgan fingerprint density at radius 1 is 1.60 bits per heavy atom. The van der Waals surface area contributed by atoms with Crippen molar-refractivity contribution in [2.24, 2.45) is 5.92 Å². The third-order valence-electron chi connectivity index (χ3n) is 0.835. The molecule has 0 aromatic heterocycles. The van der Waals surface area contributed by atoms with Crippen LogP contribution >= 0.6 is 0 Å². The Morgan fingerprint density at radius 3 is 2.40 bits per heavy atom. The summed E-state index contributed by atoms with van der Waals surface area (Å²) in [7, 11) is 0. The third kappa shape index (κ3) is 10.2. The molecule has 0 bridgehead atoms. The van der Waals surface area contributed by atoms with E-state index in [1.54, 1.807) is 6.08 Å². The Balaban J connectivity index is 0. The maximum atomic E-state index is 9.70. The number of nitro groups is 1. The zero-order valence-electron chi connectivity index (χ0n) is 6.20. The van der Waals surface area contributed by atoms with Crippen molar-refractivity contribution in [3.63, 3.8) is 0 Å². The maximum absolute atomic E-state index is 9.70. The van der Waals surface area contributed by atoms with Gasteiger partial charge in [0, 0.05) is 0 Å². The van der Waals surface area contributed by atoms with E-state index in [2.05, 4.69) is 0 Å². The van der Waals surface area contributed by atoms with E-state index >= 15 is 0 Å². The van der Waals surface area contributed by atoms with Crippen molar-refractivity contribution in [1.82, 2.24) is 0 Å². The molecule has 0 aliphatic rings. The first-order chi connectivity index (χ1) is 4.13. The average molecular weight is 147 g/mol. The van der Waals surface area contributed by atoms with Crippen molar-refractivity contribution >= 4 is 0 Å². The summed E-state index contributed by atoms with van der Waals surface area (Å²) in [6.45, 7) is 4.04. The molecule has 0 rings (SSSR count). The molecule has 0 spiro atoms. The van der Waals surface area contributed by atoms with E-state index < -0.39 is 4.92 Å². The van der Waals surface area contributed by atoms with E-state index in [-0.39, 0.29) is 5.48 Å². The lowest BCUT2D eigenvalue weighted by Crippen LogP contribution is -1.85. The van der Waals surface area contributed by atoms with Gasteiger partial charge in [0.15, 0.2) is 0 Å². The fourth-order valence-corrected chi connectivity index (χ4v) is 0.419. The molecule has 60 valence electrons. The molecule has 0 aliphatic heterocycles. The molecule has 0 fully saturated rings. The Morgan fingerprint density at radius 2 is 2.10 bits per heavy atom. The summed E-state index contributed by atoms with van der Waals surface area (Å²) in [5.74, 6) is 0.501. The Bertz CT molecular complexity index is 120. The van der Waals surface area contributed by atoms with Crippen molar-refractivity contribution in [2.45, 2.75) is 20.3 Å². The quantitative estimate of drug-likeness (QED) is 0.441. The Kier molecular flexibility index (Phi) is 7.37. The van der Waals surface area contributed by atoms with E-state index in [9.17, 15) is 10.1 Å². The Hall–Kier alpha value is -0.900. The van der Waals surface area contributed by atoms with Crippen LogP contribution in [0.25, 0.3) is 0 Å². The lowest BCUT2D eigenvalue weighted by atomic mass is 10.1. The highest BCUT2D eigenvalue weighted by molar-refractivity contribution is 4.73. The van der Waals surface area contributed by atoms with Crippen molar-refractivity contribution < 1.29 is 10.4 Å². The number of nitrogens with zero attached hydrogens (tertiary/aromatic N) is 1. The van der Waals surface area contributed by atoms with Crippen LogP contribution in [-0.4, -0.2) is 10.4 Å². The summed E-state index contributed by atoms with van der Waals surface area (Å²) >= 11 is 0. The minimum Gasteiger partial charge on any atom is -0.412 e. The maximum Gasteiger partial charge on any atom is 0.230 e. The molecule has 0 atom stereocenters. The van der Waals surface area contributed by atoms with Gasteiger partial charge >= 0.3 is 0 Å². The lowest BCUT2D eigenvalue weighted by Gasteiger charge is -1.92. The number of rotatable bonds is 3. The summed E-state index contributed by atoms with van der Waals surface area (Å²) in [5, 5.41) is 9.70. The van der Waals surface area contributed by atoms with Gasteiger partial charge in [-0.1, -0.05) is 13.8 Å². The summed E-state index contributed by atoms with van der Waals surface area (Å²) in [4.78, 5) is 9.26. The fraction of sp³-hybridized carbons (Fsp3) is 0.667. The summed E-state index contributed by atoms with van der Waals surface area (Å²) in [6, 6.07) is 0. The zero-order valence-corrected chi connectivity index (χ0v) is 6.20. The molecule has 0 aromatic carbocycles. The van der Waals surface area contributed by atoms with Crippen molar-refractivity contribution in [3.8, 4) is 0 Å². The summed E-state index contributed by atoms with van der Waals surface area (Å²) in [6.07, 6.45) is 3.34. The van der Waals surface area contributed by atoms with E-state index in [1.807, 2.05) is 13.8 Å². The second-order valence-electron chi connectivity index (χ2n) is 2.30. The molecule has 0 heterocycles. The minimum absolute atomic E-state index is 0. The highest BCUT2D eigenvalue weighted by Crippen LogP contribution is 1.98. The molecule has 0 radical (unpaired) electrons. The van der Waals surface area contributed by atoms with Gasteiger partial charge in [0.25, 0.3) is 0 Å². The van der Waals surface area contributed by atoms with Gasteiger partial charge in [-0.25, -0.2) is 0 Å². The molecular weight excluding hydrogens is 134 g/mol. The largest absolute Gasteiger partial charge is 0.412 e. The molecule has 0 amide bonds. The van der Waals surface area contributed by atoms with E-state index in [0.717, 1.165) is 12.6 Å². The van der Waals surface area contributed by atoms with Gasteiger partial charge in [0.1, 0.15) is 0 Å². The molecule has 0 saturated carbocycles. The van der Waals surface area contributed by atoms with E-state index in [1.165, 1.54) is 0 Å². The topological polar surface area (TPSA) is 74.6 Å². The SMILES string of the molecule is CC(C)C/C=C/[N+](=O)[O-].O. The third-order valence-corrected chi connectivity index (χ3v) is 0.835. The predicted octanol–water partition coefficient (Wildman–Crippen LogP) is 0.998. The van der Waals surface area contributed by atoms with Crippen LogP contribution in [0.4, 0.5) is 0 Å².